The zero-order chi connectivity index (χ0) is 11.5. The molecule has 1 amide bonds. The minimum absolute atomic E-state index is 0.179. The number of hydrogen-bond acceptors (Lipinski definition) is 2. The molecule has 15 heavy (non-hydrogen) atoms. The first-order valence-electron chi connectivity index (χ1n) is 5.89. The smallest absolute Gasteiger partial charge is 0.228 e. The van der Waals surface area contributed by atoms with Crippen molar-refractivity contribution in [1.82, 2.24) is 4.90 Å². The van der Waals surface area contributed by atoms with E-state index in [0.29, 0.717) is 6.54 Å². The first-order valence-corrected chi connectivity index (χ1v) is 5.89. The summed E-state index contributed by atoms with van der Waals surface area (Å²) in [6, 6.07) is 0. The number of carbonyl (C=O) groups excluding carboxylic acids is 1. The predicted octanol–water partition coefficient (Wildman–Crippen LogP) is 1.80. The van der Waals surface area contributed by atoms with E-state index in [9.17, 15) is 9.90 Å². The summed E-state index contributed by atoms with van der Waals surface area (Å²) in [5.41, 5.74) is -0.179. The lowest BCUT2D eigenvalue weighted by atomic mass is 9.74. The Labute approximate surface area is 92.5 Å². The normalized spacial score (nSPS) is 22.1. The van der Waals surface area contributed by atoms with Crippen LogP contribution in [0.2, 0.25) is 0 Å². The van der Waals surface area contributed by atoms with Gasteiger partial charge >= 0.3 is 0 Å². The molecule has 0 spiro atoms. The third kappa shape index (κ3) is 3.20. The molecule has 1 aliphatic rings. The number of amides is 1. The number of aliphatic hydroxyl groups is 1. The van der Waals surface area contributed by atoms with Gasteiger partial charge in [0.1, 0.15) is 0 Å². The Balaban J connectivity index is 2.57. The predicted molar refractivity (Wildman–Crippen MR) is 60.5 cm³/mol. The molecule has 1 aliphatic carbocycles. The quantitative estimate of drug-likeness (QED) is 0.776. The summed E-state index contributed by atoms with van der Waals surface area (Å²) in [7, 11) is 1.79. The maximum atomic E-state index is 12.2. The molecule has 3 nitrogen and oxygen atoms in total. The summed E-state index contributed by atoms with van der Waals surface area (Å²) in [5, 5.41) is 9.26. The average molecular weight is 213 g/mol. The number of nitrogens with zero attached hydrogens (tertiary/aromatic N) is 1. The maximum absolute atomic E-state index is 12.2. The van der Waals surface area contributed by atoms with Gasteiger partial charge in [-0.2, -0.15) is 0 Å². The van der Waals surface area contributed by atoms with E-state index in [0.717, 1.165) is 25.7 Å². The minimum Gasteiger partial charge on any atom is -0.392 e. The summed E-state index contributed by atoms with van der Waals surface area (Å²) in [4.78, 5) is 13.8. The van der Waals surface area contributed by atoms with Crippen LogP contribution in [-0.2, 0) is 4.79 Å². The Bertz CT molecular complexity index is 220. The number of rotatable bonds is 3. The van der Waals surface area contributed by atoms with Gasteiger partial charge in [-0.15, -0.1) is 0 Å². The van der Waals surface area contributed by atoms with Crippen molar-refractivity contribution < 1.29 is 9.90 Å². The second-order valence-electron chi connectivity index (χ2n) is 5.16. The van der Waals surface area contributed by atoms with E-state index in [1.165, 1.54) is 6.42 Å². The molecule has 1 saturated carbocycles. The van der Waals surface area contributed by atoms with Crippen LogP contribution in [0.25, 0.3) is 0 Å². The molecule has 0 aromatic rings. The standard InChI is InChI=1S/C12H23NO2/c1-10(14)9-13(3)11(15)12(2)7-5-4-6-8-12/h10,14H,4-9H2,1-3H3. The topological polar surface area (TPSA) is 40.5 Å². The highest BCUT2D eigenvalue weighted by atomic mass is 16.3. The molecule has 1 unspecified atom stereocenters. The van der Waals surface area contributed by atoms with E-state index in [1.54, 1.807) is 18.9 Å². The molecule has 0 aliphatic heterocycles. The van der Waals surface area contributed by atoms with E-state index in [2.05, 4.69) is 6.92 Å². The van der Waals surface area contributed by atoms with Crippen LogP contribution >= 0.6 is 0 Å². The van der Waals surface area contributed by atoms with Crippen LogP contribution in [-0.4, -0.2) is 35.6 Å². The highest BCUT2D eigenvalue weighted by molar-refractivity contribution is 5.82. The third-order valence-corrected chi connectivity index (χ3v) is 3.36. The van der Waals surface area contributed by atoms with Gasteiger partial charge in [-0.3, -0.25) is 4.79 Å². The molecule has 0 aromatic carbocycles. The van der Waals surface area contributed by atoms with E-state index < -0.39 is 6.10 Å². The first-order chi connectivity index (χ1) is 6.96. The highest BCUT2D eigenvalue weighted by Crippen LogP contribution is 2.37. The lowest BCUT2D eigenvalue weighted by Gasteiger charge is -2.36. The van der Waals surface area contributed by atoms with Gasteiger partial charge < -0.3 is 10.0 Å². The van der Waals surface area contributed by atoms with Crippen molar-refractivity contribution in [3.05, 3.63) is 0 Å². The molecule has 0 aromatic heterocycles. The lowest BCUT2D eigenvalue weighted by molar-refractivity contribution is -0.142. The van der Waals surface area contributed by atoms with Crippen molar-refractivity contribution >= 4 is 5.91 Å². The average Bonchev–Trinajstić information content (AvgIpc) is 2.16. The Hall–Kier alpha value is -0.570. The summed E-state index contributed by atoms with van der Waals surface area (Å²) in [6.45, 7) is 4.22. The zero-order valence-electron chi connectivity index (χ0n) is 10.1. The van der Waals surface area contributed by atoms with Crippen LogP contribution in [0.4, 0.5) is 0 Å². The van der Waals surface area contributed by atoms with E-state index in [4.69, 9.17) is 0 Å². The monoisotopic (exact) mass is 213 g/mol. The van der Waals surface area contributed by atoms with Gasteiger partial charge in [-0.05, 0) is 19.8 Å². The SMILES string of the molecule is CC(O)CN(C)C(=O)C1(C)CCCCC1. The van der Waals surface area contributed by atoms with Gasteiger partial charge in [0.2, 0.25) is 5.91 Å². The van der Waals surface area contributed by atoms with Gasteiger partial charge in [0.05, 0.1) is 6.10 Å². The zero-order valence-corrected chi connectivity index (χ0v) is 10.1. The van der Waals surface area contributed by atoms with Crippen molar-refractivity contribution in [3.8, 4) is 0 Å². The fraction of sp³-hybridized carbons (Fsp3) is 0.917. The van der Waals surface area contributed by atoms with Crippen LogP contribution < -0.4 is 0 Å². The van der Waals surface area contributed by atoms with Crippen molar-refractivity contribution in [1.29, 1.82) is 0 Å². The van der Waals surface area contributed by atoms with Gasteiger partial charge in [-0.1, -0.05) is 26.2 Å². The third-order valence-electron chi connectivity index (χ3n) is 3.36. The fourth-order valence-corrected chi connectivity index (χ4v) is 2.49. The molecule has 0 saturated heterocycles. The van der Waals surface area contributed by atoms with Gasteiger partial charge in [0.15, 0.2) is 0 Å². The largest absolute Gasteiger partial charge is 0.392 e. The minimum atomic E-state index is -0.439. The number of aliphatic hydroxyl groups excluding tert-OH is 1. The highest BCUT2D eigenvalue weighted by Gasteiger charge is 2.36. The molecule has 1 rings (SSSR count). The lowest BCUT2D eigenvalue weighted by Crippen LogP contribution is -2.43. The molecule has 0 radical (unpaired) electrons. The van der Waals surface area contributed by atoms with Crippen LogP contribution in [0.3, 0.4) is 0 Å². The second-order valence-corrected chi connectivity index (χ2v) is 5.16. The van der Waals surface area contributed by atoms with Crippen LogP contribution in [0, 0.1) is 5.41 Å². The van der Waals surface area contributed by atoms with Crippen molar-refractivity contribution in [3.63, 3.8) is 0 Å². The van der Waals surface area contributed by atoms with Gasteiger partial charge in [0, 0.05) is 19.0 Å². The van der Waals surface area contributed by atoms with Gasteiger partial charge in [-0.25, -0.2) is 0 Å². The van der Waals surface area contributed by atoms with Crippen molar-refractivity contribution in [2.24, 2.45) is 5.41 Å². The number of hydrogen-bond donors (Lipinski definition) is 1. The Morgan fingerprint density at radius 2 is 1.93 bits per heavy atom. The van der Waals surface area contributed by atoms with Crippen LogP contribution in [0.1, 0.15) is 46.0 Å². The molecule has 1 N–H and O–H groups in total. The molecule has 88 valence electrons. The van der Waals surface area contributed by atoms with E-state index in [1.807, 2.05) is 0 Å². The Morgan fingerprint density at radius 3 is 2.40 bits per heavy atom. The Morgan fingerprint density at radius 1 is 1.40 bits per heavy atom. The van der Waals surface area contributed by atoms with E-state index in [-0.39, 0.29) is 11.3 Å². The number of carbonyl (C=O) groups is 1. The molecule has 1 atom stereocenters. The van der Waals surface area contributed by atoms with E-state index >= 15 is 0 Å². The molecular formula is C12H23NO2. The summed E-state index contributed by atoms with van der Waals surface area (Å²) in [6.07, 6.45) is 5.12. The van der Waals surface area contributed by atoms with Crippen LogP contribution in [0.5, 0.6) is 0 Å². The van der Waals surface area contributed by atoms with Crippen LogP contribution in [0.15, 0.2) is 0 Å². The molecule has 0 bridgehead atoms. The van der Waals surface area contributed by atoms with Crippen molar-refractivity contribution in [2.75, 3.05) is 13.6 Å². The van der Waals surface area contributed by atoms with Crippen molar-refractivity contribution in [2.45, 2.75) is 52.1 Å². The number of likely N-dealkylation sites (N-methyl/N-ethyl adjacent to an activating group) is 1. The Kier molecular flexibility index (Phi) is 4.14. The fourth-order valence-electron chi connectivity index (χ4n) is 2.49. The molecule has 1 fully saturated rings. The first kappa shape index (κ1) is 12.5. The summed E-state index contributed by atoms with van der Waals surface area (Å²) in [5.74, 6) is 0.197. The summed E-state index contributed by atoms with van der Waals surface area (Å²) >= 11 is 0. The van der Waals surface area contributed by atoms with Gasteiger partial charge in [0.25, 0.3) is 0 Å². The molecule has 3 heteroatoms. The molecular weight excluding hydrogens is 190 g/mol. The maximum Gasteiger partial charge on any atom is 0.228 e. The molecule has 0 heterocycles. The summed E-state index contributed by atoms with van der Waals surface area (Å²) < 4.78 is 0. The second kappa shape index (κ2) is 4.97.